The average Bonchev–Trinajstić information content (AvgIpc) is 2.80. The summed E-state index contributed by atoms with van der Waals surface area (Å²) in [5.41, 5.74) is -0.775. The van der Waals surface area contributed by atoms with Crippen LogP contribution in [0.3, 0.4) is 0 Å². The lowest BCUT2D eigenvalue weighted by Crippen LogP contribution is -2.46. The van der Waals surface area contributed by atoms with Crippen LogP contribution >= 0.6 is 0 Å². The minimum absolute atomic E-state index is 0.0682. The third-order valence-corrected chi connectivity index (χ3v) is 4.73. The van der Waals surface area contributed by atoms with Gasteiger partial charge in [0.05, 0.1) is 0 Å². The Hall–Kier alpha value is -2.44. The number of halogens is 1. The standard InChI is InChI=1S/C18H24FN3O3/c1-5-18(13-6-8-14(19)9-7-13)16(24)22(17(25)21-18)10-15(23)20-12(4)11(2)3/h6-9,11-12H,5,10H2,1-4H3,(H,20,23)(H,21,25)/t12-,18+/m0/s1. The van der Waals surface area contributed by atoms with Gasteiger partial charge in [0.2, 0.25) is 5.91 Å². The molecule has 1 fully saturated rings. The highest BCUT2D eigenvalue weighted by atomic mass is 19.1. The van der Waals surface area contributed by atoms with Gasteiger partial charge in [0, 0.05) is 6.04 Å². The molecule has 1 aliphatic heterocycles. The molecule has 0 unspecified atom stereocenters. The Morgan fingerprint density at radius 1 is 1.24 bits per heavy atom. The number of nitrogens with zero attached hydrogens (tertiary/aromatic N) is 1. The third kappa shape index (κ3) is 3.65. The van der Waals surface area contributed by atoms with E-state index in [0.717, 1.165) is 4.90 Å². The second kappa shape index (κ2) is 7.21. The number of benzene rings is 1. The summed E-state index contributed by atoms with van der Waals surface area (Å²) in [6.07, 6.45) is 0.295. The number of nitrogens with one attached hydrogen (secondary N) is 2. The van der Waals surface area contributed by atoms with Crippen molar-refractivity contribution in [1.29, 1.82) is 0 Å². The first kappa shape index (κ1) is 18.9. The Morgan fingerprint density at radius 2 is 1.84 bits per heavy atom. The van der Waals surface area contributed by atoms with Gasteiger partial charge in [0.1, 0.15) is 17.9 Å². The zero-order valence-corrected chi connectivity index (χ0v) is 14.9. The summed E-state index contributed by atoms with van der Waals surface area (Å²) < 4.78 is 13.2. The zero-order valence-electron chi connectivity index (χ0n) is 14.9. The maximum absolute atomic E-state index is 13.2. The smallest absolute Gasteiger partial charge is 0.325 e. The van der Waals surface area contributed by atoms with E-state index in [1.54, 1.807) is 6.92 Å². The topological polar surface area (TPSA) is 78.5 Å². The van der Waals surface area contributed by atoms with Gasteiger partial charge in [-0.25, -0.2) is 9.18 Å². The van der Waals surface area contributed by atoms with E-state index >= 15 is 0 Å². The van der Waals surface area contributed by atoms with E-state index < -0.39 is 29.2 Å². The number of carbonyl (C=O) groups excluding carboxylic acids is 3. The molecule has 0 aromatic heterocycles. The summed E-state index contributed by atoms with van der Waals surface area (Å²) in [6, 6.07) is 4.74. The van der Waals surface area contributed by atoms with Crippen molar-refractivity contribution in [3.05, 3.63) is 35.6 Å². The molecule has 2 rings (SSSR count). The predicted molar refractivity (Wildman–Crippen MR) is 91.1 cm³/mol. The largest absolute Gasteiger partial charge is 0.352 e. The van der Waals surface area contributed by atoms with Crippen molar-refractivity contribution < 1.29 is 18.8 Å². The fourth-order valence-electron chi connectivity index (χ4n) is 2.75. The predicted octanol–water partition coefficient (Wildman–Crippen LogP) is 2.14. The Bertz CT molecular complexity index is 675. The number of hydrogen-bond donors (Lipinski definition) is 2. The molecule has 1 aromatic carbocycles. The number of carbonyl (C=O) groups is 3. The summed E-state index contributed by atoms with van der Waals surface area (Å²) in [5, 5.41) is 5.45. The third-order valence-electron chi connectivity index (χ3n) is 4.73. The minimum Gasteiger partial charge on any atom is -0.352 e. The quantitative estimate of drug-likeness (QED) is 0.773. The van der Waals surface area contributed by atoms with Crippen LogP contribution in [0.2, 0.25) is 0 Å². The minimum atomic E-state index is -1.27. The van der Waals surface area contributed by atoms with E-state index in [-0.39, 0.29) is 18.5 Å². The molecule has 1 heterocycles. The van der Waals surface area contributed by atoms with Crippen LogP contribution < -0.4 is 10.6 Å². The molecule has 1 saturated heterocycles. The first-order chi connectivity index (χ1) is 11.7. The van der Waals surface area contributed by atoms with Gasteiger partial charge in [-0.3, -0.25) is 14.5 Å². The van der Waals surface area contributed by atoms with Gasteiger partial charge in [0.25, 0.3) is 5.91 Å². The number of imide groups is 1. The molecule has 136 valence electrons. The molecule has 0 bridgehead atoms. The van der Waals surface area contributed by atoms with Crippen LogP contribution in [0.25, 0.3) is 0 Å². The molecule has 2 N–H and O–H groups in total. The van der Waals surface area contributed by atoms with Crippen molar-refractivity contribution in [2.45, 2.75) is 45.7 Å². The Kier molecular flexibility index (Phi) is 5.45. The van der Waals surface area contributed by atoms with Crippen LogP contribution in [-0.4, -0.2) is 35.3 Å². The van der Waals surface area contributed by atoms with Gasteiger partial charge >= 0.3 is 6.03 Å². The molecule has 2 atom stereocenters. The molecule has 7 heteroatoms. The highest BCUT2D eigenvalue weighted by Crippen LogP contribution is 2.32. The Labute approximate surface area is 146 Å². The monoisotopic (exact) mass is 349 g/mol. The van der Waals surface area contributed by atoms with Gasteiger partial charge in [-0.05, 0) is 37.0 Å². The second-order valence-corrected chi connectivity index (χ2v) is 6.69. The number of hydrogen-bond acceptors (Lipinski definition) is 3. The number of amides is 4. The van der Waals surface area contributed by atoms with Crippen LogP contribution in [0.4, 0.5) is 9.18 Å². The first-order valence-electron chi connectivity index (χ1n) is 8.40. The van der Waals surface area contributed by atoms with Crippen LogP contribution in [0.5, 0.6) is 0 Å². The molecule has 6 nitrogen and oxygen atoms in total. The van der Waals surface area contributed by atoms with Gasteiger partial charge < -0.3 is 10.6 Å². The lowest BCUT2D eigenvalue weighted by molar-refractivity contribution is -0.135. The fourth-order valence-corrected chi connectivity index (χ4v) is 2.75. The average molecular weight is 349 g/mol. The molecule has 0 radical (unpaired) electrons. The summed E-state index contributed by atoms with van der Waals surface area (Å²) in [7, 11) is 0. The molecule has 0 aliphatic carbocycles. The van der Waals surface area contributed by atoms with Gasteiger partial charge in [-0.1, -0.05) is 32.9 Å². The highest BCUT2D eigenvalue weighted by Gasteiger charge is 2.51. The molecule has 1 aromatic rings. The van der Waals surface area contributed by atoms with Crippen molar-refractivity contribution in [3.8, 4) is 0 Å². The van der Waals surface area contributed by atoms with E-state index in [9.17, 15) is 18.8 Å². The van der Waals surface area contributed by atoms with Crippen LogP contribution in [0.15, 0.2) is 24.3 Å². The van der Waals surface area contributed by atoms with E-state index in [4.69, 9.17) is 0 Å². The Morgan fingerprint density at radius 3 is 2.36 bits per heavy atom. The summed E-state index contributed by atoms with van der Waals surface area (Å²) in [5.74, 6) is -1.08. The lowest BCUT2D eigenvalue weighted by atomic mass is 9.87. The number of rotatable bonds is 6. The normalized spacial score (nSPS) is 21.4. The molecular weight excluding hydrogens is 325 g/mol. The summed E-state index contributed by atoms with van der Waals surface area (Å²) in [6.45, 7) is 7.21. The highest BCUT2D eigenvalue weighted by molar-refractivity contribution is 6.09. The van der Waals surface area contributed by atoms with Gasteiger partial charge in [-0.2, -0.15) is 0 Å². The van der Waals surface area contributed by atoms with E-state index in [0.29, 0.717) is 12.0 Å². The van der Waals surface area contributed by atoms with Crippen molar-refractivity contribution in [3.63, 3.8) is 0 Å². The SMILES string of the molecule is CC[C@]1(c2ccc(F)cc2)NC(=O)N(CC(=O)N[C@@H](C)C(C)C)C1=O. The van der Waals surface area contributed by atoms with Gasteiger partial charge in [-0.15, -0.1) is 0 Å². The second-order valence-electron chi connectivity index (χ2n) is 6.69. The zero-order chi connectivity index (χ0) is 18.8. The van der Waals surface area contributed by atoms with Gasteiger partial charge in [0.15, 0.2) is 0 Å². The van der Waals surface area contributed by atoms with Crippen molar-refractivity contribution >= 4 is 17.8 Å². The first-order valence-corrected chi connectivity index (χ1v) is 8.40. The van der Waals surface area contributed by atoms with E-state index in [1.165, 1.54) is 24.3 Å². The van der Waals surface area contributed by atoms with Crippen LogP contribution in [-0.2, 0) is 15.1 Å². The molecule has 25 heavy (non-hydrogen) atoms. The van der Waals surface area contributed by atoms with Crippen molar-refractivity contribution in [2.24, 2.45) is 5.92 Å². The van der Waals surface area contributed by atoms with Crippen molar-refractivity contribution in [1.82, 2.24) is 15.5 Å². The lowest BCUT2D eigenvalue weighted by Gasteiger charge is -2.26. The molecular formula is C18H24FN3O3. The number of urea groups is 1. The van der Waals surface area contributed by atoms with Crippen LogP contribution in [0, 0.1) is 11.7 Å². The fraction of sp³-hybridized carbons (Fsp3) is 0.500. The maximum Gasteiger partial charge on any atom is 0.325 e. The molecule has 0 spiro atoms. The maximum atomic E-state index is 13.2. The molecule has 1 aliphatic rings. The molecule has 0 saturated carbocycles. The van der Waals surface area contributed by atoms with Crippen LogP contribution in [0.1, 0.15) is 39.7 Å². The van der Waals surface area contributed by atoms with E-state index in [2.05, 4.69) is 10.6 Å². The Balaban J connectivity index is 2.20. The van der Waals surface area contributed by atoms with Crippen molar-refractivity contribution in [2.75, 3.05) is 6.54 Å². The molecule has 4 amide bonds. The summed E-state index contributed by atoms with van der Waals surface area (Å²) in [4.78, 5) is 38.2. The van der Waals surface area contributed by atoms with E-state index in [1.807, 2.05) is 20.8 Å². The summed E-state index contributed by atoms with van der Waals surface area (Å²) >= 11 is 0.